The van der Waals surface area contributed by atoms with Crippen LogP contribution in [0.2, 0.25) is 5.04 Å². The van der Waals surface area contributed by atoms with Gasteiger partial charge in [-0.05, 0) is 15.4 Å². The predicted molar refractivity (Wildman–Crippen MR) is 111 cm³/mol. The number of hydroxylamine groups is 1. The zero-order valence-electron chi connectivity index (χ0n) is 16.2. The summed E-state index contributed by atoms with van der Waals surface area (Å²) in [5.41, 5.74) is 0.918. The molecular weight excluding hydrogens is 338 g/mol. The van der Waals surface area contributed by atoms with Crippen LogP contribution >= 0.6 is 0 Å². The molecule has 0 saturated carbocycles. The molecule has 0 bridgehead atoms. The van der Waals surface area contributed by atoms with Crippen molar-refractivity contribution in [3.63, 3.8) is 0 Å². The Bertz CT molecular complexity index is 726. The molecule has 0 spiro atoms. The molecule has 1 heterocycles. The van der Waals surface area contributed by atoms with Gasteiger partial charge in [-0.3, -0.25) is 0 Å². The van der Waals surface area contributed by atoms with E-state index >= 15 is 0 Å². The summed E-state index contributed by atoms with van der Waals surface area (Å²) in [6.07, 6.45) is 1.76. The fraction of sp³-hybridized carbons (Fsp3) is 0.409. The van der Waals surface area contributed by atoms with Gasteiger partial charge in [0, 0.05) is 19.8 Å². The average Bonchev–Trinajstić information content (AvgIpc) is 2.95. The van der Waals surface area contributed by atoms with Gasteiger partial charge in [-0.2, -0.15) is 0 Å². The van der Waals surface area contributed by atoms with Crippen LogP contribution in [0.15, 0.2) is 60.7 Å². The first-order chi connectivity index (χ1) is 12.4. The molecule has 0 radical (unpaired) electrons. The van der Waals surface area contributed by atoms with E-state index in [0.717, 1.165) is 23.3 Å². The topological polar surface area (TPSA) is 35.3 Å². The first kappa shape index (κ1) is 18.9. The Morgan fingerprint density at radius 1 is 1.00 bits per heavy atom. The summed E-state index contributed by atoms with van der Waals surface area (Å²) in [7, 11) is -2.54. The molecule has 1 aliphatic heterocycles. The third-order valence-electron chi connectivity index (χ3n) is 5.46. The zero-order valence-corrected chi connectivity index (χ0v) is 17.2. The standard InChI is InChI=1S/C22H29NO2Si/c1-18-15-16-19(23(18)24)17-25-26(22(2,3)4,20-11-7-5-8-12-20)21-13-9-6-10-14-21/h5-14,19H,15-17H2,1-4H3/t19-/m0/s1. The van der Waals surface area contributed by atoms with Crippen LogP contribution in [0.4, 0.5) is 0 Å². The highest BCUT2D eigenvalue weighted by atomic mass is 28.4. The van der Waals surface area contributed by atoms with Crippen molar-refractivity contribution in [1.82, 2.24) is 0 Å². The third kappa shape index (κ3) is 3.36. The number of hydrogen-bond donors (Lipinski definition) is 0. The predicted octanol–water partition coefficient (Wildman–Crippen LogP) is 3.70. The third-order valence-corrected chi connectivity index (χ3v) is 10.5. The van der Waals surface area contributed by atoms with Crippen molar-refractivity contribution < 1.29 is 9.16 Å². The van der Waals surface area contributed by atoms with E-state index in [2.05, 4.69) is 69.3 Å². The maximum Gasteiger partial charge on any atom is 0.261 e. The Morgan fingerprint density at radius 2 is 1.50 bits per heavy atom. The second-order valence-corrected chi connectivity index (χ2v) is 12.5. The summed E-state index contributed by atoms with van der Waals surface area (Å²) in [5.74, 6) is 0. The van der Waals surface area contributed by atoms with Gasteiger partial charge in [-0.25, -0.2) is 4.74 Å². The number of rotatable bonds is 5. The van der Waals surface area contributed by atoms with Gasteiger partial charge in [0.15, 0.2) is 11.8 Å². The van der Waals surface area contributed by atoms with Gasteiger partial charge in [-0.15, -0.1) is 0 Å². The zero-order chi connectivity index (χ0) is 18.8. The van der Waals surface area contributed by atoms with E-state index in [1.165, 1.54) is 10.4 Å². The average molecular weight is 368 g/mol. The Morgan fingerprint density at radius 3 is 1.88 bits per heavy atom. The first-order valence-corrected chi connectivity index (χ1v) is 11.3. The van der Waals surface area contributed by atoms with Crippen molar-refractivity contribution >= 4 is 24.4 Å². The van der Waals surface area contributed by atoms with Crippen LogP contribution in [0.25, 0.3) is 0 Å². The molecule has 1 atom stereocenters. The number of hydrogen-bond acceptors (Lipinski definition) is 2. The minimum atomic E-state index is -2.54. The summed E-state index contributed by atoms with van der Waals surface area (Å²) in [5, 5.41) is 14.8. The van der Waals surface area contributed by atoms with E-state index in [1.807, 2.05) is 19.1 Å². The lowest BCUT2D eigenvalue weighted by atomic mass is 10.2. The van der Waals surface area contributed by atoms with Gasteiger partial charge in [0.1, 0.15) is 0 Å². The lowest BCUT2D eigenvalue weighted by molar-refractivity contribution is -0.495. The molecule has 0 aliphatic carbocycles. The largest absolute Gasteiger partial charge is 0.624 e. The summed E-state index contributed by atoms with van der Waals surface area (Å²) in [6, 6.07) is 21.1. The van der Waals surface area contributed by atoms with Gasteiger partial charge in [0.05, 0.1) is 6.61 Å². The Balaban J connectivity index is 2.06. The van der Waals surface area contributed by atoms with E-state index in [4.69, 9.17) is 4.43 Å². The van der Waals surface area contributed by atoms with E-state index in [0.29, 0.717) is 6.61 Å². The second kappa shape index (κ2) is 7.37. The van der Waals surface area contributed by atoms with Gasteiger partial charge in [0.25, 0.3) is 8.32 Å². The van der Waals surface area contributed by atoms with Crippen LogP contribution in [-0.4, -0.2) is 31.4 Å². The van der Waals surface area contributed by atoms with Gasteiger partial charge in [-0.1, -0.05) is 81.4 Å². The maximum absolute atomic E-state index is 12.4. The van der Waals surface area contributed by atoms with E-state index < -0.39 is 8.32 Å². The lowest BCUT2D eigenvalue weighted by Gasteiger charge is -2.43. The molecular formula is C22H29NO2Si. The fourth-order valence-corrected chi connectivity index (χ4v) is 8.65. The molecule has 3 nitrogen and oxygen atoms in total. The van der Waals surface area contributed by atoms with Crippen molar-refractivity contribution in [1.29, 1.82) is 0 Å². The Kier molecular flexibility index (Phi) is 5.35. The normalized spacial score (nSPS) is 18.4. The van der Waals surface area contributed by atoms with Crippen LogP contribution in [-0.2, 0) is 4.43 Å². The van der Waals surface area contributed by atoms with Gasteiger partial charge < -0.3 is 9.63 Å². The monoisotopic (exact) mass is 367 g/mol. The van der Waals surface area contributed by atoms with Crippen molar-refractivity contribution in [3.05, 3.63) is 65.9 Å². The number of benzene rings is 2. The minimum absolute atomic E-state index is 0.0548. The van der Waals surface area contributed by atoms with E-state index in [1.54, 1.807) is 0 Å². The van der Waals surface area contributed by atoms with Crippen LogP contribution in [0.1, 0.15) is 40.5 Å². The summed E-state index contributed by atoms with van der Waals surface area (Å²) in [6.45, 7) is 9.20. The summed E-state index contributed by atoms with van der Waals surface area (Å²) >= 11 is 0. The molecule has 138 valence electrons. The van der Waals surface area contributed by atoms with E-state index in [-0.39, 0.29) is 11.1 Å². The SMILES string of the molecule is CC1=[N+]([O-])[C@H](CO[Si](c2ccccc2)(c2ccccc2)C(C)(C)C)CC1. The summed E-state index contributed by atoms with van der Waals surface area (Å²) < 4.78 is 8.02. The smallest absolute Gasteiger partial charge is 0.261 e. The quantitative estimate of drug-likeness (QED) is 0.459. The molecule has 0 amide bonds. The highest BCUT2D eigenvalue weighted by Gasteiger charge is 2.51. The van der Waals surface area contributed by atoms with Crippen LogP contribution < -0.4 is 10.4 Å². The van der Waals surface area contributed by atoms with Gasteiger partial charge in [0.2, 0.25) is 0 Å². The molecule has 0 unspecified atom stereocenters. The molecule has 2 aromatic carbocycles. The highest BCUT2D eigenvalue weighted by molar-refractivity contribution is 6.99. The van der Waals surface area contributed by atoms with Crippen molar-refractivity contribution in [3.8, 4) is 0 Å². The van der Waals surface area contributed by atoms with Crippen molar-refractivity contribution in [2.45, 2.75) is 51.6 Å². The first-order valence-electron chi connectivity index (χ1n) is 9.40. The molecule has 0 fully saturated rings. The van der Waals surface area contributed by atoms with Crippen LogP contribution in [0.3, 0.4) is 0 Å². The molecule has 4 heteroatoms. The molecule has 2 aromatic rings. The molecule has 26 heavy (non-hydrogen) atoms. The second-order valence-electron chi connectivity index (χ2n) is 8.23. The van der Waals surface area contributed by atoms with Crippen LogP contribution in [0.5, 0.6) is 0 Å². The molecule has 0 N–H and O–H groups in total. The molecule has 3 rings (SSSR count). The van der Waals surface area contributed by atoms with Crippen LogP contribution in [0, 0.1) is 5.21 Å². The van der Waals surface area contributed by atoms with Crippen molar-refractivity contribution in [2.75, 3.05) is 6.61 Å². The van der Waals surface area contributed by atoms with Gasteiger partial charge >= 0.3 is 0 Å². The lowest BCUT2D eigenvalue weighted by Crippen LogP contribution is -2.67. The Hall–Kier alpha value is -1.91. The Labute approximate surface area is 158 Å². The molecule has 0 aromatic heterocycles. The minimum Gasteiger partial charge on any atom is -0.624 e. The summed E-state index contributed by atoms with van der Waals surface area (Å²) in [4.78, 5) is 0. The fourth-order valence-electron chi connectivity index (χ4n) is 4.05. The van der Waals surface area contributed by atoms with E-state index in [9.17, 15) is 5.21 Å². The highest BCUT2D eigenvalue weighted by Crippen LogP contribution is 2.37. The number of nitrogens with zero attached hydrogens (tertiary/aromatic N) is 1. The maximum atomic E-state index is 12.4. The molecule has 0 saturated heterocycles. The van der Waals surface area contributed by atoms with Crippen molar-refractivity contribution in [2.24, 2.45) is 0 Å². The molecule has 1 aliphatic rings.